The van der Waals surface area contributed by atoms with Crippen molar-refractivity contribution in [1.82, 2.24) is 26.3 Å². The number of aromatic nitrogens is 1. The van der Waals surface area contributed by atoms with E-state index in [1.165, 1.54) is 28.9 Å². The molecule has 3 fully saturated rings. The molecule has 0 saturated carbocycles. The van der Waals surface area contributed by atoms with Gasteiger partial charge in [-0.1, -0.05) is 55.7 Å². The van der Waals surface area contributed by atoms with Crippen molar-refractivity contribution in [3.8, 4) is 11.5 Å². The molecule has 6 rings (SSSR count). The molecule has 3 aliphatic rings. The van der Waals surface area contributed by atoms with E-state index in [0.717, 1.165) is 64.3 Å². The zero-order valence-electron chi connectivity index (χ0n) is 29.3. The molecule has 3 aromatic rings. The van der Waals surface area contributed by atoms with Crippen molar-refractivity contribution in [2.24, 2.45) is 5.92 Å². The Labute approximate surface area is 291 Å². The van der Waals surface area contributed by atoms with Crippen LogP contribution in [-0.2, 0) is 0 Å². The fourth-order valence-electron chi connectivity index (χ4n) is 3.85. The SMILES string of the molecule is CCC.COc1ccc(C)cc1.Cc1ccc(O)cc1.Nc1nccs1.O=C(O)NCC1CCNC1.OC1CCNC1.OC1CCNC1. The van der Waals surface area contributed by atoms with Crippen LogP contribution in [0.25, 0.3) is 0 Å². The predicted octanol–water partition coefficient (Wildman–Crippen LogP) is 4.39. The molecule has 13 heteroatoms. The lowest BCUT2D eigenvalue weighted by Gasteiger charge is -2.05. The first-order chi connectivity index (χ1) is 23.0. The lowest BCUT2D eigenvalue weighted by atomic mass is 10.1. The molecule has 3 atom stereocenters. The third-order valence-electron chi connectivity index (χ3n) is 6.52. The fourth-order valence-corrected chi connectivity index (χ4v) is 4.24. The van der Waals surface area contributed by atoms with Crippen LogP contribution in [0.2, 0.25) is 0 Å². The molecular weight excluding hydrogens is 632 g/mol. The number of amides is 1. The molecule has 2 aromatic carbocycles. The molecule has 3 unspecified atom stereocenters. The van der Waals surface area contributed by atoms with E-state index in [1.807, 2.05) is 48.7 Å². The first-order valence-corrected chi connectivity index (χ1v) is 17.3. The highest BCUT2D eigenvalue weighted by Gasteiger charge is 2.14. The summed E-state index contributed by atoms with van der Waals surface area (Å²) in [5.74, 6) is 1.74. The molecule has 272 valence electrons. The Morgan fingerprint density at radius 1 is 0.896 bits per heavy atom. The number of aliphatic hydroxyl groups excluding tert-OH is 2. The molecule has 48 heavy (non-hydrogen) atoms. The van der Waals surface area contributed by atoms with E-state index >= 15 is 0 Å². The molecule has 0 bridgehead atoms. The molecule has 1 amide bonds. The summed E-state index contributed by atoms with van der Waals surface area (Å²) in [5, 5.41) is 48.4. The number of phenolic OH excluding ortho intramolecular Hbond substituents is 1. The number of nitrogens with zero attached hydrogens (tertiary/aromatic N) is 1. The summed E-state index contributed by atoms with van der Waals surface area (Å²) in [6.45, 7) is 14.4. The van der Waals surface area contributed by atoms with Crippen molar-refractivity contribution in [3.63, 3.8) is 0 Å². The predicted molar refractivity (Wildman–Crippen MR) is 197 cm³/mol. The number of nitrogens with one attached hydrogen (secondary N) is 4. The molecular formula is C35H60N6O6S. The van der Waals surface area contributed by atoms with Gasteiger partial charge < -0.3 is 52.2 Å². The number of ether oxygens (including phenoxy) is 1. The van der Waals surface area contributed by atoms with Crippen LogP contribution in [0.1, 0.15) is 50.7 Å². The lowest BCUT2D eigenvalue weighted by molar-refractivity contribution is 0.192. The Morgan fingerprint density at radius 3 is 1.65 bits per heavy atom. The van der Waals surface area contributed by atoms with E-state index in [2.05, 4.69) is 47.0 Å². The average Bonchev–Trinajstić information content (AvgIpc) is 3.91. The number of nitrogen functional groups attached to an aromatic ring is 1. The third-order valence-corrected chi connectivity index (χ3v) is 7.12. The minimum atomic E-state index is -0.924. The number of benzene rings is 2. The number of carbonyl (C=O) groups is 1. The number of methoxy groups -OCH3 is 1. The van der Waals surface area contributed by atoms with E-state index in [-0.39, 0.29) is 12.2 Å². The Kier molecular flexibility index (Phi) is 27.5. The van der Waals surface area contributed by atoms with Crippen molar-refractivity contribution >= 4 is 22.6 Å². The van der Waals surface area contributed by atoms with Crippen molar-refractivity contribution in [1.29, 1.82) is 0 Å². The largest absolute Gasteiger partial charge is 0.508 e. The second-order valence-electron chi connectivity index (χ2n) is 11.3. The Hall–Kier alpha value is -3.46. The van der Waals surface area contributed by atoms with Gasteiger partial charge in [0.05, 0.1) is 19.3 Å². The summed E-state index contributed by atoms with van der Waals surface area (Å²) in [6, 6.07) is 15.1. The number of rotatable bonds is 3. The average molecular weight is 693 g/mol. The minimum absolute atomic E-state index is 0.0648. The summed E-state index contributed by atoms with van der Waals surface area (Å²) < 4.78 is 4.97. The maximum atomic E-state index is 10.0. The zero-order valence-corrected chi connectivity index (χ0v) is 30.1. The second-order valence-corrected chi connectivity index (χ2v) is 12.2. The van der Waals surface area contributed by atoms with E-state index in [9.17, 15) is 4.79 Å². The summed E-state index contributed by atoms with van der Waals surface area (Å²) in [4.78, 5) is 13.7. The van der Waals surface area contributed by atoms with Crippen LogP contribution in [-0.4, -0.2) is 96.6 Å². The van der Waals surface area contributed by atoms with Crippen LogP contribution in [0.4, 0.5) is 9.93 Å². The maximum absolute atomic E-state index is 10.0. The van der Waals surface area contributed by atoms with Crippen molar-refractivity contribution < 1.29 is 30.0 Å². The number of carboxylic acid groups (broad SMARTS) is 1. The maximum Gasteiger partial charge on any atom is 0.404 e. The molecule has 3 saturated heterocycles. The van der Waals surface area contributed by atoms with Crippen LogP contribution >= 0.6 is 11.3 Å². The molecule has 0 radical (unpaired) electrons. The van der Waals surface area contributed by atoms with Crippen LogP contribution < -0.4 is 31.7 Å². The number of aryl methyl sites for hydroxylation is 2. The van der Waals surface area contributed by atoms with E-state index in [4.69, 9.17) is 30.9 Å². The number of phenols is 1. The highest BCUT2D eigenvalue weighted by Crippen LogP contribution is 2.10. The quantitative estimate of drug-likeness (QED) is 0.189. The summed E-state index contributed by atoms with van der Waals surface area (Å²) >= 11 is 1.44. The first-order valence-electron chi connectivity index (χ1n) is 16.5. The topological polar surface area (TPSA) is 194 Å². The van der Waals surface area contributed by atoms with Crippen LogP contribution in [0.15, 0.2) is 60.1 Å². The highest BCUT2D eigenvalue weighted by atomic mass is 32.1. The smallest absolute Gasteiger partial charge is 0.404 e. The Bertz CT molecular complexity index is 1090. The standard InChI is InChI=1S/C8H10O.C7H8O.C6H12N2O2.2C4H9NO.C3H4N2S.C3H8/c1-7-3-5-8(9-2)6-4-7;1-6-2-4-7(8)5-3-6;9-6(10)8-4-5-1-2-7-3-5;2*6-4-1-2-5-3-4;4-3-5-1-2-6-3;1-3-2/h3-6H,1-2H3;2-5,8H,1H3;5,7-8H,1-4H2,(H,9,10);2*4-6H,1-3H2;1-2H,(H2,4,5);3H2,1-2H3. The summed E-state index contributed by atoms with van der Waals surface area (Å²) in [5.41, 5.74) is 7.61. The number of aliphatic hydroxyl groups is 2. The van der Waals surface area contributed by atoms with Gasteiger partial charge in [-0.2, -0.15) is 0 Å². The van der Waals surface area contributed by atoms with E-state index in [0.29, 0.717) is 23.3 Å². The molecule has 12 nitrogen and oxygen atoms in total. The molecule has 3 aliphatic heterocycles. The van der Waals surface area contributed by atoms with Gasteiger partial charge in [0.25, 0.3) is 0 Å². The van der Waals surface area contributed by atoms with Crippen LogP contribution in [0.3, 0.4) is 0 Å². The van der Waals surface area contributed by atoms with Gasteiger partial charge in [0.15, 0.2) is 5.13 Å². The number of hydrogen-bond acceptors (Lipinski definition) is 11. The lowest BCUT2D eigenvalue weighted by Crippen LogP contribution is -2.28. The summed E-state index contributed by atoms with van der Waals surface area (Å²) in [6.07, 6.45) is 4.82. The number of anilines is 1. The van der Waals surface area contributed by atoms with Gasteiger partial charge in [-0.05, 0) is 89.5 Å². The summed E-state index contributed by atoms with van der Waals surface area (Å²) in [7, 11) is 1.67. The molecule has 0 spiro atoms. The molecule has 4 heterocycles. The number of hydrogen-bond donors (Lipinski definition) is 9. The Balaban J connectivity index is 0.000000548. The van der Waals surface area contributed by atoms with Gasteiger partial charge in [-0.25, -0.2) is 9.78 Å². The second kappa shape index (κ2) is 29.7. The number of aromatic hydroxyl groups is 1. The van der Waals surface area contributed by atoms with Gasteiger partial charge in [-0.15, -0.1) is 11.3 Å². The first kappa shape index (κ1) is 44.5. The van der Waals surface area contributed by atoms with Crippen molar-refractivity contribution in [2.45, 2.75) is 65.6 Å². The van der Waals surface area contributed by atoms with E-state index in [1.54, 1.807) is 25.4 Å². The van der Waals surface area contributed by atoms with Crippen molar-refractivity contribution in [2.75, 3.05) is 58.7 Å². The normalized spacial score (nSPS) is 18.4. The number of thiazole rings is 1. The van der Waals surface area contributed by atoms with Crippen LogP contribution in [0.5, 0.6) is 11.5 Å². The van der Waals surface area contributed by atoms with Gasteiger partial charge in [0.1, 0.15) is 11.5 Å². The van der Waals surface area contributed by atoms with Crippen LogP contribution in [0, 0.1) is 19.8 Å². The number of β-amino-alcohol motifs (C(OH)–C–C–N with tert-alkyl or cyclic N) is 2. The molecule has 10 N–H and O–H groups in total. The monoisotopic (exact) mass is 692 g/mol. The zero-order chi connectivity index (χ0) is 36.0. The van der Waals surface area contributed by atoms with Gasteiger partial charge >= 0.3 is 6.09 Å². The highest BCUT2D eigenvalue weighted by molar-refractivity contribution is 7.13. The number of nitrogens with two attached hydrogens (primary N) is 1. The van der Waals surface area contributed by atoms with Gasteiger partial charge in [0.2, 0.25) is 0 Å². The van der Waals surface area contributed by atoms with Gasteiger partial charge in [-0.3, -0.25) is 0 Å². The minimum Gasteiger partial charge on any atom is -0.508 e. The molecule has 0 aliphatic carbocycles. The van der Waals surface area contributed by atoms with E-state index < -0.39 is 6.09 Å². The third kappa shape index (κ3) is 27.6. The molecule has 1 aromatic heterocycles. The fraction of sp³-hybridized carbons (Fsp3) is 0.543. The van der Waals surface area contributed by atoms with Crippen molar-refractivity contribution in [3.05, 3.63) is 71.2 Å². The van der Waals surface area contributed by atoms with Gasteiger partial charge in [0, 0.05) is 31.2 Å². The Morgan fingerprint density at radius 2 is 1.38 bits per heavy atom.